The van der Waals surface area contributed by atoms with Crippen LogP contribution in [0.1, 0.15) is 23.7 Å². The molecule has 0 bridgehead atoms. The van der Waals surface area contributed by atoms with Crippen LogP contribution in [0, 0.1) is 5.92 Å². The van der Waals surface area contributed by atoms with E-state index in [9.17, 15) is 19.2 Å². The van der Waals surface area contributed by atoms with Crippen molar-refractivity contribution in [2.45, 2.75) is 19.4 Å². The number of para-hydroxylation sites is 1. The normalized spacial score (nSPS) is 20.3. The fraction of sp³-hybridized carbons (Fsp3) is 0.333. The van der Waals surface area contributed by atoms with Crippen LogP contribution < -0.4 is 16.0 Å². The molecule has 1 aliphatic rings. The van der Waals surface area contributed by atoms with Gasteiger partial charge >= 0.3 is 12.0 Å². The fourth-order valence-corrected chi connectivity index (χ4v) is 2.33. The van der Waals surface area contributed by atoms with Crippen molar-refractivity contribution in [3.05, 3.63) is 29.8 Å². The molecule has 0 aliphatic carbocycles. The Morgan fingerprint density at radius 1 is 1.26 bits per heavy atom. The maximum atomic E-state index is 12.2. The van der Waals surface area contributed by atoms with Gasteiger partial charge in [0, 0.05) is 12.5 Å². The van der Waals surface area contributed by atoms with Crippen molar-refractivity contribution in [1.29, 1.82) is 0 Å². The van der Waals surface area contributed by atoms with Gasteiger partial charge in [0.2, 0.25) is 11.8 Å². The second-order valence-corrected chi connectivity index (χ2v) is 5.15. The highest BCUT2D eigenvalue weighted by atomic mass is 16.5. The van der Waals surface area contributed by atoms with Gasteiger partial charge in [-0.3, -0.25) is 14.9 Å². The molecule has 8 heteroatoms. The third kappa shape index (κ3) is 3.85. The molecule has 0 saturated carbocycles. The van der Waals surface area contributed by atoms with Crippen molar-refractivity contribution < 1.29 is 23.9 Å². The summed E-state index contributed by atoms with van der Waals surface area (Å²) < 4.78 is 4.65. The van der Waals surface area contributed by atoms with E-state index in [-0.39, 0.29) is 12.0 Å². The number of urea groups is 1. The first-order chi connectivity index (χ1) is 10.9. The summed E-state index contributed by atoms with van der Waals surface area (Å²) in [5, 5.41) is 7.26. The second kappa shape index (κ2) is 6.91. The number of ether oxygens (including phenoxy) is 1. The van der Waals surface area contributed by atoms with Gasteiger partial charge in [-0.15, -0.1) is 0 Å². The van der Waals surface area contributed by atoms with Crippen molar-refractivity contribution >= 4 is 29.5 Å². The van der Waals surface area contributed by atoms with E-state index >= 15 is 0 Å². The van der Waals surface area contributed by atoms with Gasteiger partial charge in [0.15, 0.2) is 0 Å². The zero-order chi connectivity index (χ0) is 17.0. The summed E-state index contributed by atoms with van der Waals surface area (Å²) >= 11 is 0. The minimum atomic E-state index is -0.682. The Hall–Kier alpha value is -2.90. The van der Waals surface area contributed by atoms with E-state index in [4.69, 9.17) is 0 Å². The average Bonchev–Trinajstić information content (AvgIpc) is 2.50. The van der Waals surface area contributed by atoms with Crippen molar-refractivity contribution in [3.63, 3.8) is 0 Å². The molecule has 2 atom stereocenters. The van der Waals surface area contributed by atoms with Crippen LogP contribution in [0.3, 0.4) is 0 Å². The van der Waals surface area contributed by atoms with E-state index in [2.05, 4.69) is 20.7 Å². The highest BCUT2D eigenvalue weighted by molar-refractivity contribution is 6.04. The number of carbonyl (C=O) groups excluding carboxylic acids is 4. The minimum absolute atomic E-state index is 0.122. The molecule has 1 aromatic rings. The van der Waals surface area contributed by atoms with Crippen LogP contribution in [0.5, 0.6) is 0 Å². The topological polar surface area (TPSA) is 114 Å². The first-order valence-electron chi connectivity index (χ1n) is 7.01. The number of nitrogens with one attached hydrogen (secondary N) is 3. The lowest BCUT2D eigenvalue weighted by Crippen LogP contribution is -2.57. The van der Waals surface area contributed by atoms with Gasteiger partial charge in [-0.25, -0.2) is 9.59 Å². The van der Waals surface area contributed by atoms with Crippen LogP contribution in [0.4, 0.5) is 10.5 Å². The molecule has 1 aliphatic heterocycles. The molecule has 23 heavy (non-hydrogen) atoms. The molecular formula is C15H17N3O5. The lowest BCUT2D eigenvalue weighted by molar-refractivity contribution is -0.129. The van der Waals surface area contributed by atoms with Gasteiger partial charge in [-0.1, -0.05) is 12.1 Å². The van der Waals surface area contributed by atoms with Crippen LogP contribution in [0.15, 0.2) is 24.3 Å². The highest BCUT2D eigenvalue weighted by Gasteiger charge is 2.34. The van der Waals surface area contributed by atoms with Crippen LogP contribution in [-0.2, 0) is 14.3 Å². The van der Waals surface area contributed by atoms with Gasteiger partial charge in [-0.05, 0) is 19.1 Å². The lowest BCUT2D eigenvalue weighted by Gasteiger charge is -2.28. The highest BCUT2D eigenvalue weighted by Crippen LogP contribution is 2.18. The van der Waals surface area contributed by atoms with Crippen LogP contribution in [-0.4, -0.2) is 37.0 Å². The summed E-state index contributed by atoms with van der Waals surface area (Å²) in [7, 11) is 1.25. The molecule has 4 amide bonds. The molecule has 0 radical (unpaired) electrons. The molecule has 8 nitrogen and oxygen atoms in total. The number of methoxy groups -OCH3 is 1. The zero-order valence-corrected chi connectivity index (χ0v) is 12.7. The van der Waals surface area contributed by atoms with Crippen molar-refractivity contribution in [1.82, 2.24) is 10.6 Å². The van der Waals surface area contributed by atoms with E-state index in [1.807, 2.05) is 0 Å². The standard InChI is InChI=1S/C15H17N3O5/c1-8-10(13(20)18-15(22)16-8)7-12(19)17-11-6-4-3-5-9(11)14(21)23-2/h3-6,8,10H,7H2,1-2H3,(H,17,19)(H2,16,18,20,22). The van der Waals surface area contributed by atoms with E-state index in [1.165, 1.54) is 13.2 Å². The number of hydrogen-bond donors (Lipinski definition) is 3. The zero-order valence-electron chi connectivity index (χ0n) is 12.7. The summed E-state index contributed by atoms with van der Waals surface area (Å²) in [5.74, 6) is -2.20. The predicted octanol–water partition coefficient (Wildman–Crippen LogP) is 0.646. The van der Waals surface area contributed by atoms with Crippen LogP contribution in [0.25, 0.3) is 0 Å². The number of amides is 4. The number of rotatable bonds is 4. The number of esters is 1. The van der Waals surface area contributed by atoms with E-state index in [1.54, 1.807) is 25.1 Å². The molecule has 2 rings (SSSR count). The first kappa shape index (κ1) is 16.5. The smallest absolute Gasteiger partial charge is 0.339 e. The van der Waals surface area contributed by atoms with Gasteiger partial charge in [0.05, 0.1) is 24.3 Å². The number of carbonyl (C=O) groups is 4. The summed E-state index contributed by atoms with van der Waals surface area (Å²) in [6.07, 6.45) is -0.122. The van der Waals surface area contributed by atoms with Crippen LogP contribution in [0.2, 0.25) is 0 Å². The molecule has 0 spiro atoms. The molecule has 1 aromatic carbocycles. The molecule has 122 valence electrons. The largest absolute Gasteiger partial charge is 0.465 e. The fourth-order valence-electron chi connectivity index (χ4n) is 2.33. The van der Waals surface area contributed by atoms with E-state index in [0.717, 1.165) is 0 Å². The van der Waals surface area contributed by atoms with Gasteiger partial charge in [0.1, 0.15) is 0 Å². The van der Waals surface area contributed by atoms with Crippen LogP contribution >= 0.6 is 0 Å². The Morgan fingerprint density at radius 2 is 1.96 bits per heavy atom. The third-order valence-electron chi connectivity index (χ3n) is 3.55. The number of anilines is 1. The Morgan fingerprint density at radius 3 is 2.61 bits per heavy atom. The average molecular weight is 319 g/mol. The third-order valence-corrected chi connectivity index (χ3v) is 3.55. The Balaban J connectivity index is 2.07. The molecule has 2 unspecified atom stereocenters. The number of benzene rings is 1. The Bertz CT molecular complexity index is 658. The SMILES string of the molecule is COC(=O)c1ccccc1NC(=O)CC1C(=O)NC(=O)NC1C. The van der Waals surface area contributed by atoms with E-state index < -0.39 is 35.8 Å². The summed E-state index contributed by atoms with van der Waals surface area (Å²) in [4.78, 5) is 46.8. The molecule has 1 saturated heterocycles. The summed E-state index contributed by atoms with van der Waals surface area (Å²) in [5.41, 5.74) is 0.523. The predicted molar refractivity (Wildman–Crippen MR) is 80.7 cm³/mol. The molecular weight excluding hydrogens is 302 g/mol. The Labute approximate surface area is 132 Å². The lowest BCUT2D eigenvalue weighted by atomic mass is 9.94. The number of hydrogen-bond acceptors (Lipinski definition) is 5. The van der Waals surface area contributed by atoms with E-state index in [0.29, 0.717) is 5.69 Å². The maximum absolute atomic E-state index is 12.2. The van der Waals surface area contributed by atoms with Crippen molar-refractivity contribution in [2.24, 2.45) is 5.92 Å². The Kier molecular flexibility index (Phi) is 4.95. The van der Waals surface area contributed by atoms with Crippen molar-refractivity contribution in [2.75, 3.05) is 12.4 Å². The van der Waals surface area contributed by atoms with Gasteiger partial charge in [-0.2, -0.15) is 0 Å². The first-order valence-corrected chi connectivity index (χ1v) is 7.01. The summed E-state index contributed by atoms with van der Waals surface area (Å²) in [6.45, 7) is 1.65. The monoisotopic (exact) mass is 319 g/mol. The molecule has 0 aromatic heterocycles. The van der Waals surface area contributed by atoms with Crippen molar-refractivity contribution in [3.8, 4) is 0 Å². The molecule has 3 N–H and O–H groups in total. The second-order valence-electron chi connectivity index (χ2n) is 5.15. The maximum Gasteiger partial charge on any atom is 0.339 e. The quantitative estimate of drug-likeness (QED) is 0.705. The molecule has 1 heterocycles. The van der Waals surface area contributed by atoms with Gasteiger partial charge in [0.25, 0.3) is 0 Å². The summed E-state index contributed by atoms with van der Waals surface area (Å²) in [6, 6.07) is 5.37. The molecule has 1 fully saturated rings. The number of imide groups is 1. The van der Waals surface area contributed by atoms with Gasteiger partial charge < -0.3 is 15.4 Å². The minimum Gasteiger partial charge on any atom is -0.465 e.